The number of amides is 1. The summed E-state index contributed by atoms with van der Waals surface area (Å²) in [5.74, 6) is -1.12. The van der Waals surface area contributed by atoms with Crippen LogP contribution in [-0.4, -0.2) is 33.0 Å². The summed E-state index contributed by atoms with van der Waals surface area (Å²) in [5.41, 5.74) is 4.60. The molecule has 1 fully saturated rings. The van der Waals surface area contributed by atoms with Gasteiger partial charge in [0.25, 0.3) is 5.78 Å². The average Bonchev–Trinajstić information content (AvgIpc) is 3.51. The van der Waals surface area contributed by atoms with Crippen LogP contribution in [0.4, 0.5) is 5.13 Å². The number of phenols is 1. The van der Waals surface area contributed by atoms with E-state index in [2.05, 4.69) is 0 Å². The van der Waals surface area contributed by atoms with Gasteiger partial charge in [-0.05, 0) is 79.4 Å². The molecule has 186 valence electrons. The number of ketones is 1. The van der Waals surface area contributed by atoms with Gasteiger partial charge < -0.3 is 14.9 Å². The monoisotopic (exact) mass is 512 g/mol. The number of aromatic hydroxyl groups is 1. The van der Waals surface area contributed by atoms with Crippen molar-refractivity contribution in [2.75, 3.05) is 4.90 Å². The SMILES string of the molecule is Cc1cc(C)c2nc(N3C(=O)C(=O)C(=C(O)c4ccc5c(c4)C[C@H](C)O5)[C@H]3c3cccc(O)c3)sc2c1. The van der Waals surface area contributed by atoms with Crippen LogP contribution >= 0.6 is 11.3 Å². The quantitative estimate of drug-likeness (QED) is 0.212. The van der Waals surface area contributed by atoms with E-state index in [0.29, 0.717) is 22.7 Å². The smallest absolute Gasteiger partial charge is 0.301 e. The number of aliphatic hydroxyl groups is 1. The van der Waals surface area contributed by atoms with Crippen LogP contribution in [0, 0.1) is 13.8 Å². The molecule has 0 unspecified atom stereocenters. The minimum atomic E-state index is -0.961. The molecule has 2 atom stereocenters. The third-order valence-corrected chi connectivity index (χ3v) is 7.83. The van der Waals surface area contributed by atoms with Crippen molar-refractivity contribution in [3.63, 3.8) is 0 Å². The maximum absolute atomic E-state index is 13.5. The molecule has 8 heteroatoms. The van der Waals surface area contributed by atoms with E-state index in [1.807, 2.05) is 32.9 Å². The number of aryl methyl sites for hydroxylation is 2. The van der Waals surface area contributed by atoms with Gasteiger partial charge in [0.15, 0.2) is 5.13 Å². The molecule has 0 saturated carbocycles. The van der Waals surface area contributed by atoms with E-state index in [0.717, 1.165) is 32.7 Å². The van der Waals surface area contributed by atoms with Crippen LogP contribution in [0.2, 0.25) is 0 Å². The number of rotatable bonds is 3. The largest absolute Gasteiger partial charge is 0.508 e. The van der Waals surface area contributed by atoms with E-state index in [9.17, 15) is 19.8 Å². The number of Topliss-reactive ketones (excluding diaryl/α,β-unsaturated/α-hetero) is 1. The van der Waals surface area contributed by atoms with Crippen LogP contribution in [0.1, 0.15) is 40.8 Å². The van der Waals surface area contributed by atoms with Crippen LogP contribution in [-0.2, 0) is 16.0 Å². The molecule has 7 nitrogen and oxygen atoms in total. The number of aromatic nitrogens is 1. The molecule has 1 saturated heterocycles. The zero-order chi connectivity index (χ0) is 26.0. The van der Waals surface area contributed by atoms with Gasteiger partial charge in [-0.25, -0.2) is 4.98 Å². The second-order valence-electron chi connectivity index (χ2n) is 9.64. The first kappa shape index (κ1) is 23.2. The molecule has 37 heavy (non-hydrogen) atoms. The number of carbonyl (C=O) groups excluding carboxylic acids is 2. The minimum Gasteiger partial charge on any atom is -0.508 e. The van der Waals surface area contributed by atoms with Gasteiger partial charge in [0, 0.05) is 12.0 Å². The molecule has 3 aromatic carbocycles. The van der Waals surface area contributed by atoms with Crippen molar-refractivity contribution in [3.8, 4) is 11.5 Å². The lowest BCUT2D eigenvalue weighted by atomic mass is 9.94. The molecule has 0 aliphatic carbocycles. The summed E-state index contributed by atoms with van der Waals surface area (Å²) in [6.45, 7) is 5.92. The Kier molecular flexibility index (Phi) is 5.31. The van der Waals surface area contributed by atoms with Crippen molar-refractivity contribution >= 4 is 44.1 Å². The molecule has 0 bridgehead atoms. The molecule has 2 aliphatic rings. The first-order valence-corrected chi connectivity index (χ1v) is 12.8. The summed E-state index contributed by atoms with van der Waals surface area (Å²) in [7, 11) is 0. The summed E-state index contributed by atoms with van der Waals surface area (Å²) in [6, 6.07) is 14.7. The number of anilines is 1. The maximum Gasteiger partial charge on any atom is 0.301 e. The molecule has 1 amide bonds. The molecule has 4 aromatic rings. The van der Waals surface area contributed by atoms with E-state index in [4.69, 9.17) is 9.72 Å². The second kappa shape index (κ2) is 8.45. The lowest BCUT2D eigenvalue weighted by molar-refractivity contribution is -0.132. The number of fused-ring (bicyclic) bond motifs is 2. The average molecular weight is 513 g/mol. The van der Waals surface area contributed by atoms with Crippen molar-refractivity contribution in [3.05, 3.63) is 88.0 Å². The Morgan fingerprint density at radius 1 is 1.11 bits per heavy atom. The zero-order valence-corrected chi connectivity index (χ0v) is 21.3. The van der Waals surface area contributed by atoms with Crippen LogP contribution in [0.15, 0.2) is 60.2 Å². The zero-order valence-electron chi connectivity index (χ0n) is 20.5. The molecule has 2 aliphatic heterocycles. The molecule has 6 rings (SSSR count). The highest BCUT2D eigenvalue weighted by atomic mass is 32.1. The first-order valence-electron chi connectivity index (χ1n) is 12.0. The molecular weight excluding hydrogens is 488 g/mol. The predicted octanol–water partition coefficient (Wildman–Crippen LogP) is 5.57. The third-order valence-electron chi connectivity index (χ3n) is 6.82. The van der Waals surface area contributed by atoms with Gasteiger partial charge in [-0.3, -0.25) is 14.5 Å². The van der Waals surface area contributed by atoms with Gasteiger partial charge in [0.2, 0.25) is 0 Å². The van der Waals surface area contributed by atoms with Crippen LogP contribution in [0.25, 0.3) is 16.0 Å². The van der Waals surface area contributed by atoms with Crippen molar-refractivity contribution < 1.29 is 24.5 Å². The molecule has 3 heterocycles. The van der Waals surface area contributed by atoms with E-state index in [-0.39, 0.29) is 23.2 Å². The highest BCUT2D eigenvalue weighted by Crippen LogP contribution is 2.45. The topological polar surface area (TPSA) is 100.0 Å². The van der Waals surface area contributed by atoms with Crippen molar-refractivity contribution in [2.45, 2.75) is 39.3 Å². The van der Waals surface area contributed by atoms with Crippen LogP contribution < -0.4 is 9.64 Å². The number of carbonyl (C=O) groups is 2. The number of benzene rings is 3. The Morgan fingerprint density at radius 3 is 2.70 bits per heavy atom. The predicted molar refractivity (Wildman–Crippen MR) is 142 cm³/mol. The first-order chi connectivity index (χ1) is 17.7. The number of thiazole rings is 1. The lowest BCUT2D eigenvalue weighted by Gasteiger charge is -2.23. The van der Waals surface area contributed by atoms with E-state index in [1.54, 1.807) is 30.3 Å². The third kappa shape index (κ3) is 3.76. The van der Waals surface area contributed by atoms with E-state index >= 15 is 0 Å². The summed E-state index contributed by atoms with van der Waals surface area (Å²) < 4.78 is 6.67. The Hall–Kier alpha value is -4.17. The van der Waals surface area contributed by atoms with Gasteiger partial charge in [-0.1, -0.05) is 29.5 Å². The Bertz CT molecular complexity index is 1650. The number of hydrogen-bond acceptors (Lipinski definition) is 7. The molecule has 2 N–H and O–H groups in total. The molecule has 1 aromatic heterocycles. The highest BCUT2D eigenvalue weighted by Gasteiger charge is 2.48. The Morgan fingerprint density at radius 2 is 1.92 bits per heavy atom. The summed E-state index contributed by atoms with van der Waals surface area (Å²) in [4.78, 5) is 33.0. The Balaban J connectivity index is 1.55. The van der Waals surface area contributed by atoms with Gasteiger partial charge >= 0.3 is 5.91 Å². The van der Waals surface area contributed by atoms with Crippen LogP contribution in [0.3, 0.4) is 0 Å². The van der Waals surface area contributed by atoms with Crippen molar-refractivity contribution in [2.24, 2.45) is 0 Å². The van der Waals surface area contributed by atoms with Gasteiger partial charge in [0.1, 0.15) is 23.4 Å². The molecule has 0 radical (unpaired) electrons. The standard InChI is InChI=1S/C29H24N2O5S/c1-14-9-15(2)24-22(10-14)37-29(30-24)31-25(17-5-4-6-20(32)13-17)23(27(34)28(31)35)26(33)18-7-8-21-19(12-18)11-16(3)36-21/h4-10,12-13,16,25,32-33H,11H2,1-3H3/t16-,25+/m0/s1. The van der Waals surface area contributed by atoms with Gasteiger partial charge in [0.05, 0.1) is 21.8 Å². The van der Waals surface area contributed by atoms with Gasteiger partial charge in [-0.15, -0.1) is 0 Å². The summed E-state index contributed by atoms with van der Waals surface area (Å²) >= 11 is 1.32. The van der Waals surface area contributed by atoms with Crippen molar-refractivity contribution in [1.29, 1.82) is 0 Å². The number of nitrogens with zero attached hydrogens (tertiary/aromatic N) is 2. The summed E-state index contributed by atoms with van der Waals surface area (Å²) in [6.07, 6.45) is 0.710. The summed E-state index contributed by atoms with van der Waals surface area (Å²) in [5, 5.41) is 22.0. The van der Waals surface area contributed by atoms with E-state index < -0.39 is 17.7 Å². The molecule has 0 spiro atoms. The number of ether oxygens (including phenoxy) is 1. The van der Waals surface area contributed by atoms with Crippen LogP contribution in [0.5, 0.6) is 11.5 Å². The number of phenolic OH excluding ortho intramolecular Hbond substituents is 1. The normalized spacial score (nSPS) is 20.5. The number of aliphatic hydroxyl groups excluding tert-OH is 1. The lowest BCUT2D eigenvalue weighted by Crippen LogP contribution is -2.29. The minimum absolute atomic E-state index is 0.0116. The maximum atomic E-state index is 13.5. The fourth-order valence-electron chi connectivity index (χ4n) is 5.23. The van der Waals surface area contributed by atoms with E-state index in [1.165, 1.54) is 28.4 Å². The fraction of sp³-hybridized carbons (Fsp3) is 0.207. The Labute approximate surface area is 217 Å². The highest BCUT2D eigenvalue weighted by molar-refractivity contribution is 7.22. The second-order valence-corrected chi connectivity index (χ2v) is 10.7. The molecular formula is C29H24N2O5S. The fourth-order valence-corrected chi connectivity index (χ4v) is 6.40. The number of hydrogen-bond donors (Lipinski definition) is 2. The van der Waals surface area contributed by atoms with Gasteiger partial charge in [-0.2, -0.15) is 0 Å². The van der Waals surface area contributed by atoms with Crippen molar-refractivity contribution in [1.82, 2.24) is 4.98 Å².